The molecule has 8 amide bonds. The maximum Gasteiger partial charge on any atom is 0.328 e. The largest absolute Gasteiger partial charge is 0.496 e. The number of nitrogens with one attached hydrogen (secondary N) is 8. The molecule has 0 radical (unpaired) electrons. The maximum absolute atomic E-state index is 15.9. The molecule has 32 heteroatoms. The highest BCUT2D eigenvalue weighted by molar-refractivity contribution is 5.95. The van der Waals surface area contributed by atoms with Gasteiger partial charge in [0.1, 0.15) is 94.3 Å². The van der Waals surface area contributed by atoms with Gasteiger partial charge in [-0.3, -0.25) is 38.4 Å². The molecule has 0 aromatic heterocycles. The fourth-order valence-corrected chi connectivity index (χ4v) is 15.6. The zero-order chi connectivity index (χ0) is 93.2. The van der Waals surface area contributed by atoms with E-state index in [2.05, 4.69) is 42.5 Å². The minimum absolute atomic E-state index is 0.0796. The summed E-state index contributed by atoms with van der Waals surface area (Å²) in [7, 11) is 16.0. The second-order valence-corrected chi connectivity index (χ2v) is 34.4. The molecule has 0 saturated heterocycles. The first kappa shape index (κ1) is 103. The number of amides is 8. The predicted molar refractivity (Wildman–Crippen MR) is 465 cm³/mol. The molecular formula is C92H136N8O24. The number of methoxy groups -OCH3 is 12. The summed E-state index contributed by atoms with van der Waals surface area (Å²) in [5.74, 6) is -15.6. The molecule has 0 aliphatic heterocycles. The Morgan fingerprint density at radius 3 is 0.492 bits per heavy atom. The number of rotatable bonds is 44. The molecule has 8 N–H and O–H groups in total. The van der Waals surface area contributed by atoms with E-state index in [1.165, 1.54) is 85.3 Å². The molecule has 0 saturated carbocycles. The molecule has 4 aromatic carbocycles. The number of esters is 4. The summed E-state index contributed by atoms with van der Waals surface area (Å²) in [5.41, 5.74) is 1.75. The number of benzene rings is 4. The molecule has 0 heterocycles. The molecule has 5 rings (SSSR count). The van der Waals surface area contributed by atoms with E-state index in [4.69, 9.17) is 56.8 Å². The molecule has 0 fully saturated rings. The van der Waals surface area contributed by atoms with Gasteiger partial charge in [-0.05, 0) is 97.3 Å². The van der Waals surface area contributed by atoms with E-state index in [9.17, 15) is 38.4 Å². The van der Waals surface area contributed by atoms with Crippen molar-refractivity contribution in [2.75, 3.05) is 85.3 Å². The van der Waals surface area contributed by atoms with Crippen LogP contribution in [0.15, 0.2) is 48.5 Å². The van der Waals surface area contributed by atoms with Gasteiger partial charge in [0, 0.05) is 118 Å². The van der Waals surface area contributed by atoms with Crippen LogP contribution < -0.4 is 80.4 Å². The molecule has 1 aliphatic rings. The van der Waals surface area contributed by atoms with Gasteiger partial charge in [-0.2, -0.15) is 0 Å². The molecule has 32 nitrogen and oxygen atoms in total. The van der Waals surface area contributed by atoms with Crippen molar-refractivity contribution in [1.82, 2.24) is 42.5 Å². The number of hydrogen-bond acceptors (Lipinski definition) is 24. The Morgan fingerprint density at radius 2 is 0.379 bits per heavy atom. The predicted octanol–water partition coefficient (Wildman–Crippen LogP) is 9.54. The van der Waals surface area contributed by atoms with Gasteiger partial charge < -0.3 is 99.4 Å². The number of carbonyl (C=O) groups is 12. The standard InChI is InChI=1S/C92H136N8O24/c1-45(2)29-65(85(105)97-81(49(9)10)89(109)121-25)93-77(101)37-53-57-33-59(71(115-19)41-69(57)113-17)54(38-78(102)94-66(30-46(3)4)86(106)98-82(50(11)12)90(110)122-26)61-35-63(75(119-23)43-73(61)117-21)56(40-80(104)96-68(32-48(7)8)88(108)100-84(52(15)16)92(112)124-28)64-36-62(74(118-22)44-76(64)120-24)55(60-34-58(53)70(114-18)42-72(60)116-20)39-79(103)95-67(31-47(5)6)87(107)99-83(51(13)14)91(111)123-27/h33-36,41-56,65-68,81-84H,29-32,37-40H2,1-28H3,(H,93,101)(H,94,102)(H,95,103)(H,96,104)(H,97,105)(H,98,106)(H,99,107)(H,100,108)/t53?,54?,55?,56?,65-,66-,67-,68-,81-,82-,83-,84-/m0/s1. The smallest absolute Gasteiger partial charge is 0.328 e. The quantitative estimate of drug-likeness (QED) is 0.0151. The summed E-state index contributed by atoms with van der Waals surface area (Å²) >= 11 is 0. The van der Waals surface area contributed by atoms with Gasteiger partial charge in [0.15, 0.2) is 0 Å². The minimum atomic E-state index is -1.30. The molecule has 688 valence electrons. The van der Waals surface area contributed by atoms with Gasteiger partial charge in [0.05, 0.1) is 85.3 Å². The Morgan fingerprint density at radius 1 is 0.234 bits per heavy atom. The topological polar surface area (TPSA) is 412 Å². The summed E-state index contributed by atoms with van der Waals surface area (Å²) in [6, 6.07) is 3.47. The third-order valence-electron chi connectivity index (χ3n) is 22.0. The van der Waals surface area contributed by atoms with Crippen LogP contribution in [0.3, 0.4) is 0 Å². The average molecular weight is 1740 g/mol. The third-order valence-corrected chi connectivity index (χ3v) is 22.0. The van der Waals surface area contributed by atoms with Crippen LogP contribution in [0.25, 0.3) is 0 Å². The number of hydrogen-bond donors (Lipinski definition) is 8. The molecular weight excluding hydrogens is 1600 g/mol. The van der Waals surface area contributed by atoms with Crippen molar-refractivity contribution < 1.29 is 114 Å². The first-order chi connectivity index (χ1) is 58.5. The van der Waals surface area contributed by atoms with E-state index in [0.29, 0.717) is 0 Å². The van der Waals surface area contributed by atoms with E-state index in [1.807, 2.05) is 55.4 Å². The first-order valence-electron chi connectivity index (χ1n) is 42.2. The molecule has 0 unspecified atom stereocenters. The highest BCUT2D eigenvalue weighted by Crippen LogP contribution is 2.53. The number of fused-ring (bicyclic) bond motifs is 8. The van der Waals surface area contributed by atoms with Gasteiger partial charge >= 0.3 is 23.9 Å². The third kappa shape index (κ3) is 27.5. The molecule has 4 aromatic rings. The molecule has 8 bridgehead atoms. The van der Waals surface area contributed by atoms with Gasteiger partial charge in [0.2, 0.25) is 47.3 Å². The van der Waals surface area contributed by atoms with E-state index < -0.39 is 192 Å². The second kappa shape index (κ2) is 48.3. The molecule has 0 spiro atoms. The highest BCUT2D eigenvalue weighted by Gasteiger charge is 2.42. The van der Waals surface area contributed by atoms with Crippen molar-refractivity contribution in [3.8, 4) is 46.0 Å². The van der Waals surface area contributed by atoms with Gasteiger partial charge in [-0.25, -0.2) is 19.2 Å². The molecule has 124 heavy (non-hydrogen) atoms. The van der Waals surface area contributed by atoms with Crippen LogP contribution in [0.2, 0.25) is 0 Å². The van der Waals surface area contributed by atoms with E-state index in [-0.39, 0.29) is 140 Å². The Bertz CT molecular complexity index is 3720. The number of ether oxygens (including phenoxy) is 12. The van der Waals surface area contributed by atoms with Crippen LogP contribution in [-0.2, 0) is 76.5 Å². The van der Waals surface area contributed by atoms with Crippen molar-refractivity contribution in [3.05, 3.63) is 93.0 Å². The zero-order valence-corrected chi connectivity index (χ0v) is 77.6. The molecule has 8 atom stereocenters. The number of carbonyl (C=O) groups excluding carboxylic acids is 12. The average Bonchev–Trinajstić information content (AvgIpc) is 0.744. The van der Waals surface area contributed by atoms with Gasteiger partial charge in [0.25, 0.3) is 0 Å². The summed E-state index contributed by atoms with van der Waals surface area (Å²) < 4.78 is 71.8. The van der Waals surface area contributed by atoms with Crippen molar-refractivity contribution in [2.45, 2.75) is 234 Å². The summed E-state index contributed by atoms with van der Waals surface area (Å²) in [4.78, 5) is 176. The van der Waals surface area contributed by atoms with Crippen LogP contribution in [0, 0.1) is 47.3 Å². The Kier molecular flexibility index (Phi) is 40.3. The SMILES string of the molecule is COC(=O)[C@@H](NC(=O)[C@H](CC(C)C)NC(=O)CC1c2cc(c(OC)cc2OC)C(CC(=O)N[C@@H](CC(C)C)C(=O)N[C@H](C(=O)OC)C(C)C)c2cc(c(OC)cc2OC)C(CC(=O)N[C@@H](CC(C)C)C(=O)N[C@H](C(=O)OC)C(C)C)c2cc(c(OC)cc2OC)C(CC(=O)N[C@@H](CC(C)C)C(=O)N[C@H](C(=O)OC)C(C)C)c2cc1c(OC)cc2OC)C(C)C. The normalized spacial score (nSPS) is 16.2. The second-order valence-electron chi connectivity index (χ2n) is 34.4. The monoisotopic (exact) mass is 1740 g/mol. The summed E-state index contributed by atoms with van der Waals surface area (Å²) in [6.07, 6.45) is -1.92. The lowest BCUT2D eigenvalue weighted by atomic mass is 9.77. The minimum Gasteiger partial charge on any atom is -0.496 e. The highest BCUT2D eigenvalue weighted by atomic mass is 16.5. The van der Waals surface area contributed by atoms with E-state index >= 15 is 19.2 Å². The zero-order valence-electron chi connectivity index (χ0n) is 77.6. The van der Waals surface area contributed by atoms with Crippen molar-refractivity contribution in [2.24, 2.45) is 47.3 Å². The Labute approximate surface area is 730 Å². The van der Waals surface area contributed by atoms with Crippen LogP contribution in [0.1, 0.15) is 230 Å². The molecule has 1 aliphatic carbocycles. The van der Waals surface area contributed by atoms with Crippen LogP contribution in [0.5, 0.6) is 46.0 Å². The van der Waals surface area contributed by atoms with Crippen LogP contribution in [0.4, 0.5) is 0 Å². The Hall–Kier alpha value is -11.1. The van der Waals surface area contributed by atoms with E-state index in [1.54, 1.807) is 104 Å². The Balaban J connectivity index is 2.19. The maximum atomic E-state index is 15.9. The van der Waals surface area contributed by atoms with Crippen LogP contribution in [-0.4, -0.2) is 205 Å². The lowest BCUT2D eigenvalue weighted by Crippen LogP contribution is -2.53. The summed E-state index contributed by atoms with van der Waals surface area (Å²) in [5, 5.41) is 23.2. The van der Waals surface area contributed by atoms with Crippen molar-refractivity contribution >= 4 is 71.1 Å². The lowest BCUT2D eigenvalue weighted by Gasteiger charge is -2.32. The fraction of sp³-hybridized carbons (Fsp3) is 0.609. The summed E-state index contributed by atoms with van der Waals surface area (Å²) in [6.45, 7) is 28.7. The fourth-order valence-electron chi connectivity index (χ4n) is 15.6. The van der Waals surface area contributed by atoms with Gasteiger partial charge in [-0.15, -0.1) is 0 Å². The van der Waals surface area contributed by atoms with E-state index in [0.717, 1.165) is 0 Å². The lowest BCUT2D eigenvalue weighted by molar-refractivity contribution is -0.147. The van der Waals surface area contributed by atoms with Crippen molar-refractivity contribution in [3.63, 3.8) is 0 Å². The van der Waals surface area contributed by atoms with Crippen LogP contribution >= 0.6 is 0 Å². The first-order valence-corrected chi connectivity index (χ1v) is 42.2. The van der Waals surface area contributed by atoms with Gasteiger partial charge in [-0.1, -0.05) is 111 Å². The van der Waals surface area contributed by atoms with Crippen molar-refractivity contribution in [1.29, 1.82) is 0 Å².